The van der Waals surface area contributed by atoms with E-state index < -0.39 is 0 Å². The zero-order valence-electron chi connectivity index (χ0n) is 15.7. The van der Waals surface area contributed by atoms with Crippen molar-refractivity contribution in [1.82, 2.24) is 9.97 Å². The van der Waals surface area contributed by atoms with Crippen molar-refractivity contribution < 1.29 is 0 Å². The average molecular weight is 320 g/mol. The summed E-state index contributed by atoms with van der Waals surface area (Å²) in [5, 5.41) is 0. The smallest absolute Gasteiger partial charge is 0.111 e. The first kappa shape index (κ1) is 16.8. The van der Waals surface area contributed by atoms with Gasteiger partial charge in [-0.1, -0.05) is 71.9 Å². The van der Waals surface area contributed by atoms with Gasteiger partial charge in [0, 0.05) is 6.42 Å². The molecule has 0 saturated heterocycles. The van der Waals surface area contributed by atoms with Gasteiger partial charge >= 0.3 is 0 Å². The van der Waals surface area contributed by atoms with E-state index in [4.69, 9.17) is 4.98 Å². The molecule has 2 aromatic carbocycles. The number of benzene rings is 2. The van der Waals surface area contributed by atoms with Gasteiger partial charge in [-0.15, -0.1) is 0 Å². The molecular weight excluding hydrogens is 292 g/mol. The molecule has 0 radical (unpaired) electrons. The standard InChI is InChI=1S/C22H28N2/c1-21(2,3)16-11-15(12-17(14-16)22(4,5)6)13-20-23-18-9-7-8-10-19(18)24-20/h7-12,14H,13H2,1-6H3,(H,23,24). The molecule has 0 aliphatic carbocycles. The molecule has 0 atom stereocenters. The van der Waals surface area contributed by atoms with Crippen molar-refractivity contribution in [3.63, 3.8) is 0 Å². The predicted molar refractivity (Wildman–Crippen MR) is 103 cm³/mol. The number of H-pyrrole nitrogens is 1. The molecule has 0 bridgehead atoms. The summed E-state index contributed by atoms with van der Waals surface area (Å²) in [6, 6.07) is 15.2. The number of nitrogens with one attached hydrogen (secondary N) is 1. The van der Waals surface area contributed by atoms with E-state index in [0.717, 1.165) is 23.3 Å². The van der Waals surface area contributed by atoms with Crippen LogP contribution in [0.25, 0.3) is 11.0 Å². The molecule has 2 nitrogen and oxygen atoms in total. The summed E-state index contributed by atoms with van der Waals surface area (Å²) in [4.78, 5) is 8.19. The Kier molecular flexibility index (Phi) is 4.03. The highest BCUT2D eigenvalue weighted by atomic mass is 14.9. The molecule has 0 spiro atoms. The lowest BCUT2D eigenvalue weighted by Crippen LogP contribution is -2.17. The molecule has 24 heavy (non-hydrogen) atoms. The van der Waals surface area contributed by atoms with Crippen LogP contribution in [0.15, 0.2) is 42.5 Å². The second kappa shape index (κ2) is 5.77. The zero-order valence-corrected chi connectivity index (χ0v) is 15.7. The summed E-state index contributed by atoms with van der Waals surface area (Å²) in [5.41, 5.74) is 6.54. The summed E-state index contributed by atoms with van der Waals surface area (Å²) >= 11 is 0. The molecule has 0 amide bonds. The van der Waals surface area contributed by atoms with E-state index in [9.17, 15) is 0 Å². The lowest BCUT2D eigenvalue weighted by Gasteiger charge is -2.26. The number of para-hydroxylation sites is 2. The Bertz CT molecular complexity index is 792. The second-order valence-electron chi connectivity index (χ2n) is 8.80. The Hall–Kier alpha value is -2.09. The van der Waals surface area contributed by atoms with Gasteiger partial charge < -0.3 is 4.98 Å². The molecule has 126 valence electrons. The fourth-order valence-corrected chi connectivity index (χ4v) is 2.94. The van der Waals surface area contributed by atoms with Crippen molar-refractivity contribution in [3.05, 3.63) is 65.0 Å². The topological polar surface area (TPSA) is 28.7 Å². The van der Waals surface area contributed by atoms with Gasteiger partial charge in [-0.05, 0) is 39.7 Å². The van der Waals surface area contributed by atoms with Crippen molar-refractivity contribution in [2.24, 2.45) is 0 Å². The molecule has 1 aromatic heterocycles. The van der Waals surface area contributed by atoms with Crippen molar-refractivity contribution in [3.8, 4) is 0 Å². The van der Waals surface area contributed by atoms with Crippen molar-refractivity contribution >= 4 is 11.0 Å². The Morgan fingerprint density at radius 3 is 1.96 bits per heavy atom. The van der Waals surface area contributed by atoms with Crippen LogP contribution in [0.2, 0.25) is 0 Å². The van der Waals surface area contributed by atoms with E-state index in [1.54, 1.807) is 0 Å². The van der Waals surface area contributed by atoms with Crippen LogP contribution >= 0.6 is 0 Å². The van der Waals surface area contributed by atoms with Crippen molar-refractivity contribution in [2.45, 2.75) is 58.8 Å². The van der Waals surface area contributed by atoms with Gasteiger partial charge in [-0.3, -0.25) is 0 Å². The molecule has 0 fully saturated rings. The van der Waals surface area contributed by atoms with Crippen LogP contribution in [0, 0.1) is 0 Å². The maximum atomic E-state index is 4.74. The van der Waals surface area contributed by atoms with Gasteiger partial charge in [0.25, 0.3) is 0 Å². The molecule has 0 saturated carbocycles. The summed E-state index contributed by atoms with van der Waals surface area (Å²) < 4.78 is 0. The minimum Gasteiger partial charge on any atom is -0.342 e. The van der Waals surface area contributed by atoms with Crippen LogP contribution in [-0.4, -0.2) is 9.97 Å². The normalized spacial score (nSPS) is 12.8. The second-order valence-corrected chi connectivity index (χ2v) is 8.80. The zero-order chi connectivity index (χ0) is 17.5. The van der Waals surface area contributed by atoms with Gasteiger partial charge in [0.05, 0.1) is 11.0 Å². The highest BCUT2D eigenvalue weighted by Crippen LogP contribution is 2.31. The molecular formula is C22H28N2. The number of rotatable bonds is 2. The van der Waals surface area contributed by atoms with Crippen molar-refractivity contribution in [1.29, 1.82) is 0 Å². The molecule has 0 unspecified atom stereocenters. The fourth-order valence-electron chi connectivity index (χ4n) is 2.94. The number of hydrogen-bond donors (Lipinski definition) is 1. The number of hydrogen-bond acceptors (Lipinski definition) is 1. The summed E-state index contributed by atoms with van der Waals surface area (Å²) in [5.74, 6) is 1.03. The Morgan fingerprint density at radius 1 is 0.833 bits per heavy atom. The first-order valence-electron chi connectivity index (χ1n) is 8.71. The monoisotopic (exact) mass is 320 g/mol. The Morgan fingerprint density at radius 2 is 1.42 bits per heavy atom. The summed E-state index contributed by atoms with van der Waals surface area (Å²) in [6.45, 7) is 13.7. The van der Waals surface area contributed by atoms with Crippen LogP contribution in [0.3, 0.4) is 0 Å². The van der Waals surface area contributed by atoms with E-state index in [0.29, 0.717) is 0 Å². The molecule has 3 rings (SSSR count). The molecule has 2 heteroatoms. The highest BCUT2D eigenvalue weighted by molar-refractivity contribution is 5.74. The van der Waals surface area contributed by atoms with Gasteiger partial charge in [0.2, 0.25) is 0 Å². The van der Waals surface area contributed by atoms with Crippen LogP contribution in [-0.2, 0) is 17.3 Å². The number of nitrogens with zero attached hydrogens (tertiary/aromatic N) is 1. The average Bonchev–Trinajstić information content (AvgIpc) is 2.87. The predicted octanol–water partition coefficient (Wildman–Crippen LogP) is 5.75. The number of aromatic nitrogens is 2. The largest absolute Gasteiger partial charge is 0.342 e. The number of fused-ring (bicyclic) bond motifs is 1. The lowest BCUT2D eigenvalue weighted by atomic mass is 9.79. The van der Waals surface area contributed by atoms with E-state index in [1.807, 2.05) is 12.1 Å². The maximum absolute atomic E-state index is 4.74. The molecule has 1 heterocycles. The van der Waals surface area contributed by atoms with E-state index in [-0.39, 0.29) is 10.8 Å². The van der Waals surface area contributed by atoms with E-state index in [2.05, 4.69) is 76.9 Å². The van der Waals surface area contributed by atoms with Gasteiger partial charge in [-0.2, -0.15) is 0 Å². The van der Waals surface area contributed by atoms with Crippen LogP contribution < -0.4 is 0 Å². The Balaban J connectivity index is 2.03. The molecule has 0 aliphatic rings. The van der Waals surface area contributed by atoms with E-state index in [1.165, 1.54) is 16.7 Å². The first-order valence-corrected chi connectivity index (χ1v) is 8.71. The van der Waals surface area contributed by atoms with Gasteiger partial charge in [-0.25, -0.2) is 4.98 Å². The molecule has 1 N–H and O–H groups in total. The summed E-state index contributed by atoms with van der Waals surface area (Å²) in [6.07, 6.45) is 0.835. The van der Waals surface area contributed by atoms with Crippen LogP contribution in [0.5, 0.6) is 0 Å². The van der Waals surface area contributed by atoms with Gasteiger partial charge in [0.1, 0.15) is 5.82 Å². The lowest BCUT2D eigenvalue weighted by molar-refractivity contribution is 0.567. The maximum Gasteiger partial charge on any atom is 0.111 e. The van der Waals surface area contributed by atoms with Crippen LogP contribution in [0.1, 0.15) is 64.1 Å². The fraction of sp³-hybridized carbons (Fsp3) is 0.409. The number of imidazole rings is 1. The summed E-state index contributed by atoms with van der Waals surface area (Å²) in [7, 11) is 0. The SMILES string of the molecule is CC(C)(C)c1cc(Cc2nc3ccccc3[nH]2)cc(C(C)(C)C)c1. The third-order valence-corrected chi connectivity index (χ3v) is 4.53. The minimum atomic E-state index is 0.143. The van der Waals surface area contributed by atoms with E-state index >= 15 is 0 Å². The molecule has 3 aromatic rings. The third kappa shape index (κ3) is 3.53. The number of aromatic amines is 1. The first-order chi connectivity index (χ1) is 11.1. The highest BCUT2D eigenvalue weighted by Gasteiger charge is 2.20. The quantitative estimate of drug-likeness (QED) is 0.640. The third-order valence-electron chi connectivity index (χ3n) is 4.53. The van der Waals surface area contributed by atoms with Crippen LogP contribution in [0.4, 0.5) is 0 Å². The molecule has 0 aliphatic heterocycles. The van der Waals surface area contributed by atoms with Crippen molar-refractivity contribution in [2.75, 3.05) is 0 Å². The Labute approximate surface area is 145 Å². The van der Waals surface area contributed by atoms with Gasteiger partial charge in [0.15, 0.2) is 0 Å². The minimum absolute atomic E-state index is 0.143.